The molecule has 5 rings (SSSR count). The highest BCUT2D eigenvalue weighted by Gasteiger charge is 2.42. The van der Waals surface area contributed by atoms with Gasteiger partial charge in [-0.15, -0.1) is 0 Å². The van der Waals surface area contributed by atoms with E-state index in [1.54, 1.807) is 6.20 Å². The zero-order chi connectivity index (χ0) is 17.7. The molecule has 3 heterocycles. The van der Waals surface area contributed by atoms with Gasteiger partial charge in [0.15, 0.2) is 5.82 Å². The summed E-state index contributed by atoms with van der Waals surface area (Å²) in [4.78, 5) is 17.0. The topological polar surface area (TPSA) is 121 Å². The van der Waals surface area contributed by atoms with Crippen LogP contribution in [-0.4, -0.2) is 32.0 Å². The molecular formula is C18H14N6O2. The fraction of sp³-hybridized carbons (Fsp3) is 0.333. The van der Waals surface area contributed by atoms with Gasteiger partial charge >= 0.3 is 0 Å². The molecule has 1 aliphatic heterocycles. The van der Waals surface area contributed by atoms with Gasteiger partial charge in [-0.25, -0.2) is 9.62 Å². The summed E-state index contributed by atoms with van der Waals surface area (Å²) in [7, 11) is 0. The number of nitrogens with one attached hydrogen (secondary N) is 1. The van der Waals surface area contributed by atoms with Gasteiger partial charge in [0.25, 0.3) is 0 Å². The molecule has 3 unspecified atom stereocenters. The summed E-state index contributed by atoms with van der Waals surface area (Å²) in [6.45, 7) is 0. The summed E-state index contributed by atoms with van der Waals surface area (Å²) < 4.78 is 4.89. The molecule has 3 aromatic rings. The summed E-state index contributed by atoms with van der Waals surface area (Å²) in [5.41, 5.74) is 3.52. The molecule has 1 aromatic carbocycles. The standard InChI is InChI=1S/C18H14N6O2/c19-7-11-15(10-4-1-5-13-17(10)24-26-23-13)12-8-20-22-18(12)21-16(11)9-3-2-6-14(9)25/h1,4-5,8-9,11,15H,2-3,6H2,(H,20,22). The van der Waals surface area contributed by atoms with Gasteiger partial charge in [-0.05, 0) is 34.8 Å². The average molecular weight is 346 g/mol. The lowest BCUT2D eigenvalue weighted by molar-refractivity contribution is -0.119. The number of aromatic amines is 1. The van der Waals surface area contributed by atoms with Crippen LogP contribution in [0.25, 0.3) is 11.0 Å². The maximum atomic E-state index is 12.3. The summed E-state index contributed by atoms with van der Waals surface area (Å²) in [5, 5.41) is 24.9. The second-order valence-electron chi connectivity index (χ2n) is 6.69. The molecule has 1 N–H and O–H groups in total. The van der Waals surface area contributed by atoms with Crippen molar-refractivity contribution in [3.05, 3.63) is 35.5 Å². The van der Waals surface area contributed by atoms with Crippen LogP contribution in [0.2, 0.25) is 0 Å². The van der Waals surface area contributed by atoms with Gasteiger partial charge in [0.2, 0.25) is 0 Å². The molecule has 0 radical (unpaired) electrons. The van der Waals surface area contributed by atoms with Crippen LogP contribution in [-0.2, 0) is 4.79 Å². The van der Waals surface area contributed by atoms with Crippen molar-refractivity contribution in [2.24, 2.45) is 16.8 Å². The summed E-state index contributed by atoms with van der Waals surface area (Å²) >= 11 is 0. The van der Waals surface area contributed by atoms with E-state index >= 15 is 0 Å². The Labute approximate surface area is 147 Å². The smallest absolute Gasteiger partial charge is 0.151 e. The molecule has 8 heteroatoms. The van der Waals surface area contributed by atoms with Gasteiger partial charge < -0.3 is 0 Å². The van der Waals surface area contributed by atoms with E-state index in [0.29, 0.717) is 29.0 Å². The number of nitriles is 1. The maximum Gasteiger partial charge on any atom is 0.151 e. The zero-order valence-corrected chi connectivity index (χ0v) is 13.7. The first-order valence-electron chi connectivity index (χ1n) is 8.53. The monoisotopic (exact) mass is 346 g/mol. The Balaban J connectivity index is 1.72. The fourth-order valence-electron chi connectivity index (χ4n) is 4.14. The van der Waals surface area contributed by atoms with E-state index in [9.17, 15) is 10.1 Å². The van der Waals surface area contributed by atoms with E-state index in [4.69, 9.17) is 4.63 Å². The first-order valence-corrected chi connectivity index (χ1v) is 8.53. The first kappa shape index (κ1) is 15.0. The SMILES string of the molecule is N#CC1C(C2CCCC2=O)=Nc2[nH]ncc2C1c1cccc2nonc12. The number of hydrogen-bond acceptors (Lipinski definition) is 7. The van der Waals surface area contributed by atoms with Gasteiger partial charge in [-0.2, -0.15) is 10.4 Å². The second-order valence-corrected chi connectivity index (χ2v) is 6.69. The zero-order valence-electron chi connectivity index (χ0n) is 13.7. The Hall–Kier alpha value is -3.34. The molecule has 2 aromatic heterocycles. The van der Waals surface area contributed by atoms with E-state index in [0.717, 1.165) is 24.0 Å². The van der Waals surface area contributed by atoms with Crippen LogP contribution in [0.4, 0.5) is 5.82 Å². The van der Waals surface area contributed by atoms with Crippen molar-refractivity contribution in [3.8, 4) is 6.07 Å². The van der Waals surface area contributed by atoms with Crippen molar-refractivity contribution in [2.45, 2.75) is 25.2 Å². The van der Waals surface area contributed by atoms with Crippen LogP contribution in [0.5, 0.6) is 0 Å². The van der Waals surface area contributed by atoms with Gasteiger partial charge in [0.1, 0.15) is 16.8 Å². The van der Waals surface area contributed by atoms with Crippen molar-refractivity contribution in [1.82, 2.24) is 20.5 Å². The molecule has 26 heavy (non-hydrogen) atoms. The molecular weight excluding hydrogens is 332 g/mol. The number of ketones is 1. The van der Waals surface area contributed by atoms with Crippen LogP contribution >= 0.6 is 0 Å². The number of Topliss-reactive ketones (excluding diaryl/α,β-unsaturated/α-hetero) is 1. The molecule has 1 aliphatic carbocycles. The van der Waals surface area contributed by atoms with E-state index < -0.39 is 5.92 Å². The largest absolute Gasteiger partial charge is 0.299 e. The van der Waals surface area contributed by atoms with Gasteiger partial charge in [-0.3, -0.25) is 9.89 Å². The summed E-state index contributed by atoms with van der Waals surface area (Å²) in [5.74, 6) is -0.426. The highest BCUT2D eigenvalue weighted by molar-refractivity contribution is 6.10. The Morgan fingerprint density at radius 3 is 3.00 bits per heavy atom. The lowest BCUT2D eigenvalue weighted by atomic mass is 9.74. The number of benzene rings is 1. The highest BCUT2D eigenvalue weighted by Crippen LogP contribution is 2.45. The third kappa shape index (κ3) is 2.03. The van der Waals surface area contributed by atoms with E-state index in [-0.39, 0.29) is 17.6 Å². The third-order valence-electron chi connectivity index (χ3n) is 5.33. The first-order chi connectivity index (χ1) is 12.8. The highest BCUT2D eigenvalue weighted by atomic mass is 16.6. The Morgan fingerprint density at radius 1 is 1.27 bits per heavy atom. The Bertz CT molecular complexity index is 1090. The van der Waals surface area contributed by atoms with E-state index in [1.807, 2.05) is 18.2 Å². The number of aliphatic imine (C=N–C) groups is 1. The number of carbonyl (C=O) groups is 1. The number of nitrogens with zero attached hydrogens (tertiary/aromatic N) is 5. The van der Waals surface area contributed by atoms with Crippen molar-refractivity contribution < 1.29 is 9.42 Å². The molecule has 1 saturated carbocycles. The number of H-pyrrole nitrogens is 1. The molecule has 3 atom stereocenters. The minimum atomic E-state index is -0.561. The lowest BCUT2D eigenvalue weighted by Crippen LogP contribution is -2.32. The number of rotatable bonds is 2. The predicted octanol–water partition coefficient (Wildman–Crippen LogP) is 2.67. The number of carbonyl (C=O) groups excluding carboxylic acids is 1. The maximum absolute atomic E-state index is 12.3. The third-order valence-corrected chi connectivity index (χ3v) is 5.33. The van der Waals surface area contributed by atoms with Gasteiger partial charge in [-0.1, -0.05) is 12.1 Å². The van der Waals surface area contributed by atoms with Crippen LogP contribution < -0.4 is 0 Å². The lowest BCUT2D eigenvalue weighted by Gasteiger charge is -2.29. The van der Waals surface area contributed by atoms with E-state index in [2.05, 4.69) is 31.6 Å². The molecule has 0 bridgehead atoms. The fourth-order valence-corrected chi connectivity index (χ4v) is 4.14. The Kier molecular flexibility index (Phi) is 3.22. The summed E-state index contributed by atoms with van der Waals surface area (Å²) in [6, 6.07) is 7.97. The molecule has 1 fully saturated rings. The molecule has 2 aliphatic rings. The minimum Gasteiger partial charge on any atom is -0.299 e. The molecule has 0 saturated heterocycles. The minimum absolute atomic E-state index is 0.159. The summed E-state index contributed by atoms with van der Waals surface area (Å²) in [6.07, 6.45) is 3.81. The number of hydrogen-bond donors (Lipinski definition) is 1. The Morgan fingerprint density at radius 2 is 2.19 bits per heavy atom. The number of aromatic nitrogens is 4. The average Bonchev–Trinajstić information content (AvgIpc) is 3.39. The van der Waals surface area contributed by atoms with Crippen molar-refractivity contribution in [3.63, 3.8) is 0 Å². The second kappa shape index (κ2) is 5.59. The van der Waals surface area contributed by atoms with Crippen molar-refractivity contribution in [2.75, 3.05) is 0 Å². The molecule has 0 amide bonds. The quantitative estimate of drug-likeness (QED) is 0.761. The van der Waals surface area contributed by atoms with E-state index in [1.165, 1.54) is 0 Å². The van der Waals surface area contributed by atoms with Crippen molar-refractivity contribution in [1.29, 1.82) is 5.26 Å². The van der Waals surface area contributed by atoms with Gasteiger partial charge in [0.05, 0.1) is 24.1 Å². The van der Waals surface area contributed by atoms with Crippen LogP contribution in [0.15, 0.2) is 34.0 Å². The predicted molar refractivity (Wildman–Crippen MR) is 90.8 cm³/mol. The van der Waals surface area contributed by atoms with Crippen LogP contribution in [0.1, 0.15) is 36.3 Å². The van der Waals surface area contributed by atoms with Crippen LogP contribution in [0.3, 0.4) is 0 Å². The normalized spacial score (nSPS) is 25.1. The molecule has 0 spiro atoms. The number of fused-ring (bicyclic) bond motifs is 2. The molecule has 128 valence electrons. The van der Waals surface area contributed by atoms with Gasteiger partial charge in [0, 0.05) is 23.6 Å². The van der Waals surface area contributed by atoms with Crippen molar-refractivity contribution >= 4 is 28.3 Å². The molecule has 8 nitrogen and oxygen atoms in total. The van der Waals surface area contributed by atoms with Crippen LogP contribution in [0, 0.1) is 23.2 Å².